The molecule has 1 aliphatic rings. The Morgan fingerprint density at radius 3 is 3.25 bits per heavy atom. The second-order valence-electron chi connectivity index (χ2n) is 3.49. The molecule has 82 valence electrons. The molecule has 0 N–H and O–H groups in total. The van der Waals surface area contributed by atoms with E-state index in [1.807, 2.05) is 12.1 Å². The fourth-order valence-corrected chi connectivity index (χ4v) is 1.59. The molecule has 16 heavy (non-hydrogen) atoms. The first-order valence-corrected chi connectivity index (χ1v) is 5.01. The van der Waals surface area contributed by atoms with Gasteiger partial charge in [-0.2, -0.15) is 5.26 Å². The first-order valence-electron chi connectivity index (χ1n) is 5.01. The molecule has 5 heteroatoms. The number of morpholine rings is 1. The smallest absolute Gasteiger partial charge is 0.248 e. The number of hydrogen-bond acceptors (Lipinski definition) is 4. The maximum absolute atomic E-state index is 11.5. The van der Waals surface area contributed by atoms with Crippen molar-refractivity contribution in [3.8, 4) is 6.07 Å². The quantitative estimate of drug-likeness (QED) is 0.715. The van der Waals surface area contributed by atoms with E-state index in [1.54, 1.807) is 17.2 Å². The van der Waals surface area contributed by atoms with Gasteiger partial charge in [0.15, 0.2) is 0 Å². The molecule has 0 saturated carbocycles. The molecule has 1 amide bonds. The standard InChI is InChI=1S/C11H11N3O2/c12-6-10-9(2-1-3-13-10)7-14-4-5-16-8-11(14)15/h1-3H,4-5,7-8H2. The van der Waals surface area contributed by atoms with Gasteiger partial charge in [-0.1, -0.05) is 6.07 Å². The lowest BCUT2D eigenvalue weighted by Gasteiger charge is -2.26. The van der Waals surface area contributed by atoms with Crippen molar-refractivity contribution in [1.29, 1.82) is 5.26 Å². The van der Waals surface area contributed by atoms with Crippen molar-refractivity contribution in [2.45, 2.75) is 6.54 Å². The highest BCUT2D eigenvalue weighted by molar-refractivity contribution is 5.78. The van der Waals surface area contributed by atoms with E-state index in [0.29, 0.717) is 25.4 Å². The summed E-state index contributed by atoms with van der Waals surface area (Å²) in [6.45, 7) is 1.67. The van der Waals surface area contributed by atoms with E-state index in [-0.39, 0.29) is 12.5 Å². The Hall–Kier alpha value is -1.93. The zero-order chi connectivity index (χ0) is 11.4. The molecule has 1 aliphatic heterocycles. The highest BCUT2D eigenvalue weighted by atomic mass is 16.5. The van der Waals surface area contributed by atoms with Crippen molar-refractivity contribution in [3.63, 3.8) is 0 Å². The lowest BCUT2D eigenvalue weighted by molar-refractivity contribution is -0.143. The minimum atomic E-state index is -0.0426. The van der Waals surface area contributed by atoms with Gasteiger partial charge >= 0.3 is 0 Å². The number of carbonyl (C=O) groups excluding carboxylic acids is 1. The van der Waals surface area contributed by atoms with E-state index in [2.05, 4.69) is 4.98 Å². The van der Waals surface area contributed by atoms with Crippen LogP contribution in [0.4, 0.5) is 0 Å². The van der Waals surface area contributed by atoms with Gasteiger partial charge in [0.1, 0.15) is 18.4 Å². The topological polar surface area (TPSA) is 66.2 Å². The predicted octanol–water partition coefficient (Wildman–Crippen LogP) is 0.312. The summed E-state index contributed by atoms with van der Waals surface area (Å²) in [4.78, 5) is 17.1. The minimum absolute atomic E-state index is 0.0426. The molecule has 1 aromatic heterocycles. The molecule has 0 aromatic carbocycles. The average Bonchev–Trinajstić information content (AvgIpc) is 2.33. The van der Waals surface area contributed by atoms with Crippen LogP contribution in [0.2, 0.25) is 0 Å². The third-order valence-electron chi connectivity index (χ3n) is 2.44. The van der Waals surface area contributed by atoms with Gasteiger partial charge in [-0.15, -0.1) is 0 Å². The first-order chi connectivity index (χ1) is 7.81. The Labute approximate surface area is 93.3 Å². The van der Waals surface area contributed by atoms with Crippen molar-refractivity contribution in [2.24, 2.45) is 0 Å². The van der Waals surface area contributed by atoms with Crippen LogP contribution in [0.3, 0.4) is 0 Å². The lowest BCUT2D eigenvalue weighted by atomic mass is 10.2. The van der Waals surface area contributed by atoms with Gasteiger partial charge in [0.25, 0.3) is 0 Å². The summed E-state index contributed by atoms with van der Waals surface area (Å²) in [5.74, 6) is -0.0426. The zero-order valence-corrected chi connectivity index (χ0v) is 8.72. The van der Waals surface area contributed by atoms with Crippen LogP contribution in [0.25, 0.3) is 0 Å². The van der Waals surface area contributed by atoms with Gasteiger partial charge in [-0.05, 0) is 6.07 Å². The third-order valence-corrected chi connectivity index (χ3v) is 2.44. The summed E-state index contributed by atoms with van der Waals surface area (Å²) in [6, 6.07) is 5.60. The maximum atomic E-state index is 11.5. The van der Waals surface area contributed by atoms with Crippen LogP contribution in [0.5, 0.6) is 0 Å². The fourth-order valence-electron chi connectivity index (χ4n) is 1.59. The van der Waals surface area contributed by atoms with E-state index in [9.17, 15) is 4.79 Å². The number of ether oxygens (including phenoxy) is 1. The number of carbonyl (C=O) groups is 1. The first kappa shape index (κ1) is 10.6. The maximum Gasteiger partial charge on any atom is 0.248 e. The van der Waals surface area contributed by atoms with Crippen LogP contribution in [-0.2, 0) is 16.1 Å². The SMILES string of the molecule is N#Cc1ncccc1CN1CCOCC1=O. The summed E-state index contributed by atoms with van der Waals surface area (Å²) in [7, 11) is 0. The van der Waals surface area contributed by atoms with Gasteiger partial charge in [0.05, 0.1) is 6.61 Å². The number of nitriles is 1. The van der Waals surface area contributed by atoms with Gasteiger partial charge in [-0.25, -0.2) is 4.98 Å². The minimum Gasteiger partial charge on any atom is -0.370 e. The van der Waals surface area contributed by atoms with Crippen LogP contribution in [0, 0.1) is 11.3 Å². The van der Waals surface area contributed by atoms with Gasteiger partial charge in [-0.3, -0.25) is 4.79 Å². The van der Waals surface area contributed by atoms with Crippen LogP contribution in [-0.4, -0.2) is 35.5 Å². The molecule has 5 nitrogen and oxygen atoms in total. The van der Waals surface area contributed by atoms with E-state index >= 15 is 0 Å². The van der Waals surface area contributed by atoms with Crippen molar-refractivity contribution in [2.75, 3.05) is 19.8 Å². The highest BCUT2D eigenvalue weighted by Gasteiger charge is 2.19. The molecule has 1 aromatic rings. The molecular weight excluding hydrogens is 206 g/mol. The van der Waals surface area contributed by atoms with Crippen LogP contribution < -0.4 is 0 Å². The molecule has 1 saturated heterocycles. The van der Waals surface area contributed by atoms with Gasteiger partial charge < -0.3 is 9.64 Å². The Morgan fingerprint density at radius 1 is 1.62 bits per heavy atom. The second kappa shape index (κ2) is 4.73. The molecule has 0 bridgehead atoms. The highest BCUT2D eigenvalue weighted by Crippen LogP contribution is 2.10. The zero-order valence-electron chi connectivity index (χ0n) is 8.72. The van der Waals surface area contributed by atoms with Gasteiger partial charge in [0.2, 0.25) is 5.91 Å². The normalized spacial score (nSPS) is 15.9. The number of pyridine rings is 1. The van der Waals surface area contributed by atoms with Crippen LogP contribution >= 0.6 is 0 Å². The molecule has 0 unspecified atom stereocenters. The van der Waals surface area contributed by atoms with Crippen molar-refractivity contribution in [3.05, 3.63) is 29.6 Å². The molecule has 2 rings (SSSR count). The van der Waals surface area contributed by atoms with Crippen molar-refractivity contribution >= 4 is 5.91 Å². The Morgan fingerprint density at radius 2 is 2.50 bits per heavy atom. The lowest BCUT2D eigenvalue weighted by Crippen LogP contribution is -2.41. The number of amides is 1. The average molecular weight is 217 g/mol. The summed E-state index contributed by atoms with van der Waals surface area (Å²) < 4.78 is 5.03. The molecule has 2 heterocycles. The largest absolute Gasteiger partial charge is 0.370 e. The van der Waals surface area contributed by atoms with Crippen LogP contribution in [0.15, 0.2) is 18.3 Å². The van der Waals surface area contributed by atoms with E-state index in [1.165, 1.54) is 0 Å². The van der Waals surface area contributed by atoms with E-state index < -0.39 is 0 Å². The number of nitrogens with zero attached hydrogens (tertiary/aromatic N) is 3. The predicted molar refractivity (Wildman–Crippen MR) is 55.2 cm³/mol. The Balaban J connectivity index is 2.14. The van der Waals surface area contributed by atoms with E-state index in [0.717, 1.165) is 5.56 Å². The van der Waals surface area contributed by atoms with Crippen molar-refractivity contribution < 1.29 is 9.53 Å². The Bertz CT molecular complexity index is 439. The summed E-state index contributed by atoms with van der Waals surface area (Å²) in [6.07, 6.45) is 1.57. The van der Waals surface area contributed by atoms with Crippen molar-refractivity contribution in [1.82, 2.24) is 9.88 Å². The summed E-state index contributed by atoms with van der Waals surface area (Å²) >= 11 is 0. The number of hydrogen-bond donors (Lipinski definition) is 0. The molecule has 0 aliphatic carbocycles. The monoisotopic (exact) mass is 217 g/mol. The molecule has 0 spiro atoms. The van der Waals surface area contributed by atoms with Crippen LogP contribution in [0.1, 0.15) is 11.3 Å². The molecule has 0 atom stereocenters. The van der Waals surface area contributed by atoms with Gasteiger partial charge in [0, 0.05) is 24.8 Å². The van der Waals surface area contributed by atoms with E-state index in [4.69, 9.17) is 10.00 Å². The molecule has 1 fully saturated rings. The third kappa shape index (κ3) is 2.18. The molecular formula is C11H11N3O2. The fraction of sp³-hybridized carbons (Fsp3) is 0.364. The second-order valence-corrected chi connectivity index (χ2v) is 3.49. The summed E-state index contributed by atoms with van der Waals surface area (Å²) in [5.41, 5.74) is 1.15. The number of aromatic nitrogens is 1. The summed E-state index contributed by atoms with van der Waals surface area (Å²) in [5, 5.41) is 8.87. The Kier molecular flexibility index (Phi) is 3.13. The number of rotatable bonds is 2. The molecule has 0 radical (unpaired) electrons.